The molecule has 2 heteroatoms. The van der Waals surface area contributed by atoms with E-state index in [0.29, 0.717) is 0 Å². The van der Waals surface area contributed by atoms with Crippen LogP contribution >= 0.6 is 11.8 Å². The van der Waals surface area contributed by atoms with Crippen LogP contribution < -0.4 is 0 Å². The Labute approximate surface area is 121 Å². The van der Waals surface area contributed by atoms with Crippen molar-refractivity contribution < 1.29 is 0 Å². The van der Waals surface area contributed by atoms with Gasteiger partial charge in [-0.05, 0) is 43.4 Å². The predicted molar refractivity (Wildman–Crippen MR) is 84.0 cm³/mol. The summed E-state index contributed by atoms with van der Waals surface area (Å²) < 4.78 is 0. The lowest BCUT2D eigenvalue weighted by Gasteiger charge is -2.26. The standard InChI is InChI=1S/C17H25NS/c1-13(2)9-10-18(15-7-8-15)11-14-12-19-17-6-4-3-5-16(14)17/h3-6,13-15H,7-12H2,1-2H3. The minimum Gasteiger partial charge on any atom is -0.300 e. The van der Waals surface area contributed by atoms with Crippen molar-refractivity contribution in [3.63, 3.8) is 0 Å². The maximum Gasteiger partial charge on any atom is 0.0108 e. The molecule has 1 saturated carbocycles. The first-order valence-corrected chi connectivity index (χ1v) is 8.68. The highest BCUT2D eigenvalue weighted by Gasteiger charge is 2.32. The van der Waals surface area contributed by atoms with Gasteiger partial charge in [0, 0.05) is 29.2 Å². The molecule has 0 saturated heterocycles. The quantitative estimate of drug-likeness (QED) is 0.757. The van der Waals surface area contributed by atoms with Gasteiger partial charge in [0.25, 0.3) is 0 Å². The van der Waals surface area contributed by atoms with E-state index in [2.05, 4.69) is 43.0 Å². The summed E-state index contributed by atoms with van der Waals surface area (Å²) in [6, 6.07) is 9.90. The largest absolute Gasteiger partial charge is 0.300 e. The molecule has 104 valence electrons. The average Bonchev–Trinajstić information content (AvgIpc) is 3.17. The second-order valence-corrected chi connectivity index (χ2v) is 7.52. The fourth-order valence-electron chi connectivity index (χ4n) is 2.95. The molecule has 0 bridgehead atoms. The average molecular weight is 275 g/mol. The van der Waals surface area contributed by atoms with Crippen LogP contribution in [0.4, 0.5) is 0 Å². The maximum absolute atomic E-state index is 2.77. The van der Waals surface area contributed by atoms with Crippen molar-refractivity contribution in [1.29, 1.82) is 0 Å². The number of hydrogen-bond acceptors (Lipinski definition) is 2. The summed E-state index contributed by atoms with van der Waals surface area (Å²) in [6.07, 6.45) is 4.21. The first-order chi connectivity index (χ1) is 9.24. The molecule has 0 amide bonds. The van der Waals surface area contributed by atoms with Gasteiger partial charge in [-0.1, -0.05) is 32.0 Å². The van der Waals surface area contributed by atoms with Gasteiger partial charge in [0.1, 0.15) is 0 Å². The molecule has 1 heterocycles. The summed E-state index contributed by atoms with van der Waals surface area (Å²) in [5.74, 6) is 2.87. The molecule has 0 N–H and O–H groups in total. The number of nitrogens with zero attached hydrogens (tertiary/aromatic N) is 1. The molecule has 1 atom stereocenters. The Morgan fingerprint density at radius 3 is 2.79 bits per heavy atom. The zero-order chi connectivity index (χ0) is 13.2. The van der Waals surface area contributed by atoms with E-state index >= 15 is 0 Å². The van der Waals surface area contributed by atoms with E-state index in [1.54, 1.807) is 5.56 Å². The van der Waals surface area contributed by atoms with Crippen LogP contribution in [-0.4, -0.2) is 29.8 Å². The van der Waals surface area contributed by atoms with Gasteiger partial charge in [-0.2, -0.15) is 0 Å². The SMILES string of the molecule is CC(C)CCN(CC1CSc2ccccc21)C1CC1. The van der Waals surface area contributed by atoms with Crippen LogP contribution in [0.25, 0.3) is 0 Å². The van der Waals surface area contributed by atoms with Gasteiger partial charge in [0.15, 0.2) is 0 Å². The fourth-order valence-corrected chi connectivity index (χ4v) is 4.19. The highest BCUT2D eigenvalue weighted by atomic mass is 32.2. The van der Waals surface area contributed by atoms with E-state index in [1.165, 1.54) is 43.0 Å². The van der Waals surface area contributed by atoms with Crippen molar-refractivity contribution in [2.24, 2.45) is 5.92 Å². The summed E-state index contributed by atoms with van der Waals surface area (Å²) in [5.41, 5.74) is 1.60. The molecular formula is C17H25NS. The summed E-state index contributed by atoms with van der Waals surface area (Å²) >= 11 is 2.05. The Balaban J connectivity index is 1.63. The number of fused-ring (bicyclic) bond motifs is 1. The van der Waals surface area contributed by atoms with Crippen LogP contribution in [0.15, 0.2) is 29.2 Å². The summed E-state index contributed by atoms with van der Waals surface area (Å²) in [6.45, 7) is 7.25. The second-order valence-electron chi connectivity index (χ2n) is 6.45. The van der Waals surface area contributed by atoms with Crippen molar-refractivity contribution in [1.82, 2.24) is 4.90 Å². The van der Waals surface area contributed by atoms with Gasteiger partial charge < -0.3 is 0 Å². The normalized spacial score (nSPS) is 22.2. The van der Waals surface area contributed by atoms with E-state index in [9.17, 15) is 0 Å². The molecule has 0 radical (unpaired) electrons. The van der Waals surface area contributed by atoms with Gasteiger partial charge >= 0.3 is 0 Å². The third-order valence-corrected chi connectivity index (χ3v) is 5.56. The predicted octanol–water partition coefficient (Wildman–Crippen LogP) is 4.39. The highest BCUT2D eigenvalue weighted by molar-refractivity contribution is 7.99. The highest BCUT2D eigenvalue weighted by Crippen LogP contribution is 2.41. The Morgan fingerprint density at radius 1 is 1.26 bits per heavy atom. The van der Waals surface area contributed by atoms with Crippen LogP contribution in [0, 0.1) is 5.92 Å². The number of rotatable bonds is 6. The molecule has 1 aliphatic carbocycles. The molecule has 0 aromatic heterocycles. The molecular weight excluding hydrogens is 250 g/mol. The molecule has 1 unspecified atom stereocenters. The molecule has 1 nitrogen and oxygen atoms in total. The first kappa shape index (κ1) is 13.5. The van der Waals surface area contributed by atoms with E-state index in [0.717, 1.165) is 17.9 Å². The molecule has 19 heavy (non-hydrogen) atoms. The van der Waals surface area contributed by atoms with Gasteiger partial charge in [-0.15, -0.1) is 11.8 Å². The van der Waals surface area contributed by atoms with Crippen molar-refractivity contribution in [3.8, 4) is 0 Å². The Hall–Kier alpha value is -0.470. The Kier molecular flexibility index (Phi) is 4.18. The zero-order valence-corrected chi connectivity index (χ0v) is 13.0. The summed E-state index contributed by atoms with van der Waals surface area (Å²) in [4.78, 5) is 4.29. The van der Waals surface area contributed by atoms with Crippen molar-refractivity contribution in [2.45, 2.75) is 50.0 Å². The van der Waals surface area contributed by atoms with Crippen LogP contribution in [0.2, 0.25) is 0 Å². The zero-order valence-electron chi connectivity index (χ0n) is 12.1. The molecule has 1 aromatic carbocycles. The molecule has 1 fully saturated rings. The van der Waals surface area contributed by atoms with Crippen LogP contribution in [0.5, 0.6) is 0 Å². The van der Waals surface area contributed by atoms with Crippen LogP contribution in [0.3, 0.4) is 0 Å². The first-order valence-electron chi connectivity index (χ1n) is 7.70. The topological polar surface area (TPSA) is 3.24 Å². The van der Waals surface area contributed by atoms with Crippen LogP contribution in [-0.2, 0) is 0 Å². The Bertz CT molecular complexity index is 425. The van der Waals surface area contributed by atoms with Gasteiger partial charge in [-0.3, -0.25) is 4.90 Å². The molecule has 3 rings (SSSR count). The number of thioether (sulfide) groups is 1. The van der Waals surface area contributed by atoms with Crippen molar-refractivity contribution in [3.05, 3.63) is 29.8 Å². The van der Waals surface area contributed by atoms with E-state index < -0.39 is 0 Å². The van der Waals surface area contributed by atoms with E-state index in [1.807, 2.05) is 11.8 Å². The molecule has 1 aliphatic heterocycles. The molecule has 1 aromatic rings. The minimum atomic E-state index is 0.758. The third kappa shape index (κ3) is 3.35. The number of benzene rings is 1. The third-order valence-electron chi connectivity index (χ3n) is 4.31. The van der Waals surface area contributed by atoms with Gasteiger partial charge in [-0.25, -0.2) is 0 Å². The smallest absolute Gasteiger partial charge is 0.0108 e. The summed E-state index contributed by atoms with van der Waals surface area (Å²) in [7, 11) is 0. The lowest BCUT2D eigenvalue weighted by Crippen LogP contribution is -2.32. The second kappa shape index (κ2) is 5.88. The maximum atomic E-state index is 2.77. The lowest BCUT2D eigenvalue weighted by molar-refractivity contribution is 0.237. The van der Waals surface area contributed by atoms with E-state index in [4.69, 9.17) is 0 Å². The Morgan fingerprint density at radius 2 is 2.05 bits per heavy atom. The van der Waals surface area contributed by atoms with Gasteiger partial charge in [0.05, 0.1) is 0 Å². The summed E-state index contributed by atoms with van der Waals surface area (Å²) in [5, 5.41) is 0. The fraction of sp³-hybridized carbons (Fsp3) is 0.647. The molecule has 0 spiro atoms. The van der Waals surface area contributed by atoms with Crippen molar-refractivity contribution >= 4 is 11.8 Å². The minimum absolute atomic E-state index is 0.758. The molecule has 2 aliphatic rings. The number of hydrogen-bond donors (Lipinski definition) is 0. The van der Waals surface area contributed by atoms with Gasteiger partial charge in [0.2, 0.25) is 0 Å². The van der Waals surface area contributed by atoms with Crippen molar-refractivity contribution in [2.75, 3.05) is 18.8 Å². The lowest BCUT2D eigenvalue weighted by atomic mass is 10.00. The monoisotopic (exact) mass is 275 g/mol. The van der Waals surface area contributed by atoms with E-state index in [-0.39, 0.29) is 0 Å². The van der Waals surface area contributed by atoms with Crippen LogP contribution in [0.1, 0.15) is 44.6 Å².